The van der Waals surface area contributed by atoms with Crippen LogP contribution in [0.15, 0.2) is 18.2 Å². The molecule has 3 rings (SSSR count). The highest BCUT2D eigenvalue weighted by Crippen LogP contribution is 2.32. The molecule has 20 heavy (non-hydrogen) atoms. The molecular weight excluding hydrogens is 251 g/mol. The van der Waals surface area contributed by atoms with Gasteiger partial charge in [-0.05, 0) is 62.5 Å². The van der Waals surface area contributed by atoms with Crippen molar-refractivity contribution < 1.29 is 4.39 Å². The maximum atomic E-state index is 13.2. The molecule has 1 N–H and O–H groups in total. The molecule has 0 atom stereocenters. The number of hydrogen-bond donors (Lipinski definition) is 1. The number of hydrogen-bond acceptors (Lipinski definition) is 2. The van der Waals surface area contributed by atoms with Crippen LogP contribution in [0.3, 0.4) is 0 Å². The number of halogens is 1. The molecule has 0 aromatic heterocycles. The number of benzene rings is 1. The number of rotatable bonds is 2. The van der Waals surface area contributed by atoms with Gasteiger partial charge in [0.25, 0.3) is 0 Å². The van der Waals surface area contributed by atoms with E-state index in [0.717, 1.165) is 31.7 Å². The van der Waals surface area contributed by atoms with Crippen LogP contribution in [0.5, 0.6) is 0 Å². The number of aryl methyl sites for hydroxylation is 1. The lowest BCUT2D eigenvalue weighted by molar-refractivity contribution is 0.203. The van der Waals surface area contributed by atoms with Gasteiger partial charge in [0, 0.05) is 18.6 Å². The molecule has 110 valence electrons. The highest BCUT2D eigenvalue weighted by Gasteiger charge is 2.36. The van der Waals surface area contributed by atoms with Crippen LogP contribution in [-0.4, -0.2) is 30.1 Å². The Morgan fingerprint density at radius 3 is 2.80 bits per heavy atom. The van der Waals surface area contributed by atoms with Crippen LogP contribution in [0.1, 0.15) is 43.2 Å². The lowest BCUT2D eigenvalue weighted by Crippen LogP contribution is -2.49. The zero-order valence-electron chi connectivity index (χ0n) is 12.4. The summed E-state index contributed by atoms with van der Waals surface area (Å²) in [4.78, 5) is 2.56. The Labute approximate surface area is 121 Å². The Bertz CT molecular complexity index is 466. The van der Waals surface area contributed by atoms with E-state index in [2.05, 4.69) is 10.2 Å². The highest BCUT2D eigenvalue weighted by atomic mass is 19.1. The predicted octanol–water partition coefficient (Wildman–Crippen LogP) is 3.24. The first-order chi connectivity index (χ1) is 9.67. The summed E-state index contributed by atoms with van der Waals surface area (Å²) in [6, 6.07) is 5.19. The highest BCUT2D eigenvalue weighted by molar-refractivity contribution is 5.26. The third-order valence-corrected chi connectivity index (χ3v) is 4.94. The van der Waals surface area contributed by atoms with Gasteiger partial charge in [-0.1, -0.05) is 18.9 Å². The fourth-order valence-electron chi connectivity index (χ4n) is 3.82. The quantitative estimate of drug-likeness (QED) is 0.892. The fraction of sp³-hybridized carbons (Fsp3) is 0.647. The van der Waals surface area contributed by atoms with Gasteiger partial charge in [0.1, 0.15) is 5.82 Å². The Morgan fingerprint density at radius 1 is 1.25 bits per heavy atom. The van der Waals surface area contributed by atoms with E-state index in [9.17, 15) is 4.39 Å². The normalized spacial score (nSPS) is 23.1. The lowest BCUT2D eigenvalue weighted by atomic mass is 9.97. The van der Waals surface area contributed by atoms with Crippen molar-refractivity contribution in [3.05, 3.63) is 35.1 Å². The second-order valence-corrected chi connectivity index (χ2v) is 6.55. The maximum absolute atomic E-state index is 13.2. The zero-order valence-corrected chi connectivity index (χ0v) is 12.4. The Balaban J connectivity index is 1.72. The van der Waals surface area contributed by atoms with E-state index in [1.807, 2.05) is 13.0 Å². The second-order valence-electron chi connectivity index (χ2n) is 6.55. The van der Waals surface area contributed by atoms with E-state index in [1.54, 1.807) is 12.1 Å². The zero-order chi connectivity index (χ0) is 14.0. The van der Waals surface area contributed by atoms with Crippen LogP contribution in [0, 0.1) is 12.7 Å². The summed E-state index contributed by atoms with van der Waals surface area (Å²) < 4.78 is 13.2. The van der Waals surface area contributed by atoms with Gasteiger partial charge in [0.2, 0.25) is 0 Å². The van der Waals surface area contributed by atoms with Gasteiger partial charge in [-0.3, -0.25) is 4.90 Å². The molecule has 0 radical (unpaired) electrons. The van der Waals surface area contributed by atoms with Gasteiger partial charge in [-0.15, -0.1) is 0 Å². The summed E-state index contributed by atoms with van der Waals surface area (Å²) in [6.45, 7) is 6.39. The molecule has 1 aliphatic carbocycles. The van der Waals surface area contributed by atoms with E-state index in [4.69, 9.17) is 0 Å². The Morgan fingerprint density at radius 2 is 2.05 bits per heavy atom. The first kappa shape index (κ1) is 14.0. The SMILES string of the molecule is Cc1cc(F)ccc1CN1CCCNC2(CCCC2)C1. The summed E-state index contributed by atoms with van der Waals surface area (Å²) >= 11 is 0. The maximum Gasteiger partial charge on any atom is 0.123 e. The summed E-state index contributed by atoms with van der Waals surface area (Å²) in [5.74, 6) is -0.129. The first-order valence-corrected chi connectivity index (χ1v) is 7.89. The monoisotopic (exact) mass is 276 g/mol. The molecule has 1 aromatic rings. The molecule has 0 bridgehead atoms. The van der Waals surface area contributed by atoms with E-state index < -0.39 is 0 Å². The summed E-state index contributed by atoms with van der Waals surface area (Å²) in [7, 11) is 0. The van der Waals surface area contributed by atoms with Crippen molar-refractivity contribution in [1.82, 2.24) is 10.2 Å². The van der Waals surface area contributed by atoms with E-state index in [0.29, 0.717) is 5.54 Å². The molecule has 1 aromatic carbocycles. The van der Waals surface area contributed by atoms with Crippen LogP contribution >= 0.6 is 0 Å². The molecule has 2 aliphatic rings. The third-order valence-electron chi connectivity index (χ3n) is 4.94. The average molecular weight is 276 g/mol. The van der Waals surface area contributed by atoms with Gasteiger partial charge >= 0.3 is 0 Å². The van der Waals surface area contributed by atoms with Gasteiger partial charge in [-0.25, -0.2) is 4.39 Å². The van der Waals surface area contributed by atoms with Crippen molar-refractivity contribution in [1.29, 1.82) is 0 Å². The van der Waals surface area contributed by atoms with E-state index in [-0.39, 0.29) is 5.82 Å². The largest absolute Gasteiger partial charge is 0.310 e. The second kappa shape index (κ2) is 5.82. The summed E-state index contributed by atoms with van der Waals surface area (Å²) in [5, 5.41) is 3.79. The standard InChI is InChI=1S/C17H25FN2/c1-14-11-16(18)6-5-15(14)12-20-10-4-9-19-17(13-20)7-2-3-8-17/h5-6,11,19H,2-4,7-10,12-13H2,1H3. The molecule has 1 spiro atoms. The molecule has 1 saturated carbocycles. The third kappa shape index (κ3) is 3.04. The predicted molar refractivity (Wildman–Crippen MR) is 80.2 cm³/mol. The van der Waals surface area contributed by atoms with Gasteiger partial charge in [-0.2, -0.15) is 0 Å². The van der Waals surface area contributed by atoms with Crippen molar-refractivity contribution in [3.63, 3.8) is 0 Å². The van der Waals surface area contributed by atoms with Crippen molar-refractivity contribution in [2.45, 2.75) is 51.1 Å². The molecule has 1 heterocycles. The number of nitrogens with one attached hydrogen (secondary N) is 1. The summed E-state index contributed by atoms with van der Waals surface area (Å²) in [5.41, 5.74) is 2.69. The van der Waals surface area contributed by atoms with Crippen LogP contribution < -0.4 is 5.32 Å². The Kier molecular flexibility index (Phi) is 4.08. The molecule has 0 amide bonds. The molecule has 3 heteroatoms. The Hall–Kier alpha value is -0.930. The smallest absolute Gasteiger partial charge is 0.123 e. The fourth-order valence-corrected chi connectivity index (χ4v) is 3.82. The molecular formula is C17H25FN2. The minimum Gasteiger partial charge on any atom is -0.310 e. The summed E-state index contributed by atoms with van der Waals surface area (Å²) in [6.07, 6.45) is 6.55. The van der Waals surface area contributed by atoms with Gasteiger partial charge in [0.05, 0.1) is 0 Å². The minimum atomic E-state index is -0.129. The molecule has 2 fully saturated rings. The lowest BCUT2D eigenvalue weighted by Gasteiger charge is -2.33. The van der Waals surface area contributed by atoms with Gasteiger partial charge in [0.15, 0.2) is 0 Å². The van der Waals surface area contributed by atoms with E-state index in [1.165, 1.54) is 37.7 Å². The number of nitrogens with zero attached hydrogens (tertiary/aromatic N) is 1. The van der Waals surface area contributed by atoms with Crippen molar-refractivity contribution >= 4 is 0 Å². The molecule has 1 saturated heterocycles. The van der Waals surface area contributed by atoms with Crippen LogP contribution in [0.2, 0.25) is 0 Å². The van der Waals surface area contributed by atoms with Crippen LogP contribution in [0.4, 0.5) is 4.39 Å². The van der Waals surface area contributed by atoms with Crippen molar-refractivity contribution in [2.75, 3.05) is 19.6 Å². The van der Waals surface area contributed by atoms with Crippen LogP contribution in [0.25, 0.3) is 0 Å². The molecule has 0 unspecified atom stereocenters. The molecule has 1 aliphatic heterocycles. The van der Waals surface area contributed by atoms with E-state index >= 15 is 0 Å². The minimum absolute atomic E-state index is 0.129. The topological polar surface area (TPSA) is 15.3 Å². The van der Waals surface area contributed by atoms with Gasteiger partial charge < -0.3 is 5.32 Å². The first-order valence-electron chi connectivity index (χ1n) is 7.89. The average Bonchev–Trinajstić information content (AvgIpc) is 2.76. The van der Waals surface area contributed by atoms with Crippen molar-refractivity contribution in [3.8, 4) is 0 Å². The molecule has 2 nitrogen and oxygen atoms in total. The van der Waals surface area contributed by atoms with Crippen LogP contribution in [-0.2, 0) is 6.54 Å². The van der Waals surface area contributed by atoms with Crippen molar-refractivity contribution in [2.24, 2.45) is 0 Å².